The molecular formula is C12H6Br2ClN3. The van der Waals surface area contributed by atoms with Crippen molar-refractivity contribution < 1.29 is 0 Å². The van der Waals surface area contributed by atoms with E-state index in [9.17, 15) is 0 Å². The molecule has 0 amide bonds. The van der Waals surface area contributed by atoms with E-state index < -0.39 is 0 Å². The molecule has 1 heterocycles. The standard InChI is InChI=1S/C12H6Br2ClN3/c13-7-5-10(14)12-11(6-7)16-18(17-12)9-3-1-8(15)2-4-9/h1-6H. The van der Waals surface area contributed by atoms with Crippen LogP contribution in [0.15, 0.2) is 45.3 Å². The van der Waals surface area contributed by atoms with Crippen LogP contribution in [-0.2, 0) is 0 Å². The van der Waals surface area contributed by atoms with Crippen molar-refractivity contribution >= 4 is 54.5 Å². The van der Waals surface area contributed by atoms with Gasteiger partial charge in [0, 0.05) is 14.0 Å². The molecule has 3 aromatic rings. The molecule has 0 saturated heterocycles. The Morgan fingerprint density at radius 2 is 1.72 bits per heavy atom. The Hall–Kier alpha value is -0.910. The lowest BCUT2D eigenvalue weighted by Gasteiger charge is -1.97. The van der Waals surface area contributed by atoms with Gasteiger partial charge in [0.2, 0.25) is 0 Å². The van der Waals surface area contributed by atoms with E-state index in [1.54, 1.807) is 4.80 Å². The summed E-state index contributed by atoms with van der Waals surface area (Å²) in [6, 6.07) is 11.3. The highest BCUT2D eigenvalue weighted by Gasteiger charge is 2.08. The van der Waals surface area contributed by atoms with Gasteiger partial charge in [-0.1, -0.05) is 27.5 Å². The van der Waals surface area contributed by atoms with Crippen molar-refractivity contribution in [1.82, 2.24) is 15.0 Å². The lowest BCUT2D eigenvalue weighted by Crippen LogP contribution is -1.97. The van der Waals surface area contributed by atoms with Crippen LogP contribution in [0.1, 0.15) is 0 Å². The zero-order valence-corrected chi connectivity index (χ0v) is 12.9. The Labute approximate surface area is 125 Å². The molecule has 0 bridgehead atoms. The Morgan fingerprint density at radius 1 is 1.00 bits per heavy atom. The van der Waals surface area contributed by atoms with Crippen molar-refractivity contribution in [2.24, 2.45) is 0 Å². The third-order valence-corrected chi connectivity index (χ3v) is 3.78. The Kier molecular flexibility index (Phi) is 3.13. The van der Waals surface area contributed by atoms with Crippen LogP contribution < -0.4 is 0 Å². The highest BCUT2D eigenvalue weighted by molar-refractivity contribution is 9.11. The van der Waals surface area contributed by atoms with Crippen LogP contribution in [0.4, 0.5) is 0 Å². The Balaban J connectivity index is 2.19. The molecule has 18 heavy (non-hydrogen) atoms. The molecule has 3 nitrogen and oxygen atoms in total. The molecule has 90 valence electrons. The number of rotatable bonds is 1. The van der Waals surface area contributed by atoms with Gasteiger partial charge < -0.3 is 0 Å². The fourth-order valence-corrected chi connectivity index (χ4v) is 3.04. The quantitative estimate of drug-likeness (QED) is 0.611. The first-order valence-electron chi connectivity index (χ1n) is 5.11. The van der Waals surface area contributed by atoms with E-state index in [4.69, 9.17) is 11.6 Å². The predicted molar refractivity (Wildman–Crippen MR) is 79.3 cm³/mol. The van der Waals surface area contributed by atoms with Crippen LogP contribution in [0.5, 0.6) is 0 Å². The molecule has 1 aromatic heterocycles. The van der Waals surface area contributed by atoms with Crippen LogP contribution in [0.2, 0.25) is 5.02 Å². The Bertz CT molecular complexity index is 722. The highest BCUT2D eigenvalue weighted by Crippen LogP contribution is 2.26. The summed E-state index contributed by atoms with van der Waals surface area (Å²) in [4.78, 5) is 1.60. The first-order valence-corrected chi connectivity index (χ1v) is 7.08. The second-order valence-corrected chi connectivity index (χ2v) is 5.93. The van der Waals surface area contributed by atoms with Gasteiger partial charge in [0.05, 0.1) is 5.69 Å². The van der Waals surface area contributed by atoms with Gasteiger partial charge in [0.15, 0.2) is 0 Å². The van der Waals surface area contributed by atoms with Crippen molar-refractivity contribution in [3.8, 4) is 5.69 Å². The van der Waals surface area contributed by atoms with Crippen LogP contribution in [0.3, 0.4) is 0 Å². The molecule has 0 radical (unpaired) electrons. The molecule has 0 aliphatic carbocycles. The van der Waals surface area contributed by atoms with E-state index in [2.05, 4.69) is 42.1 Å². The minimum atomic E-state index is 0.694. The summed E-state index contributed by atoms with van der Waals surface area (Å²) in [7, 11) is 0. The van der Waals surface area contributed by atoms with Gasteiger partial charge in [-0.25, -0.2) is 0 Å². The maximum atomic E-state index is 5.86. The first kappa shape index (κ1) is 12.1. The van der Waals surface area contributed by atoms with Gasteiger partial charge in [-0.05, 0) is 52.3 Å². The fourth-order valence-electron chi connectivity index (χ4n) is 1.64. The minimum absolute atomic E-state index is 0.694. The van der Waals surface area contributed by atoms with Crippen molar-refractivity contribution in [3.05, 3.63) is 50.4 Å². The van der Waals surface area contributed by atoms with Crippen LogP contribution in [-0.4, -0.2) is 15.0 Å². The maximum absolute atomic E-state index is 5.86. The zero-order valence-electron chi connectivity index (χ0n) is 8.94. The largest absolute Gasteiger partial charge is 0.150 e. The van der Waals surface area contributed by atoms with Gasteiger partial charge in [-0.15, -0.1) is 10.2 Å². The second kappa shape index (κ2) is 4.64. The normalized spacial score (nSPS) is 11.1. The maximum Gasteiger partial charge on any atom is 0.127 e. The lowest BCUT2D eigenvalue weighted by molar-refractivity contribution is 0.765. The summed E-state index contributed by atoms with van der Waals surface area (Å²) < 4.78 is 1.87. The van der Waals surface area contributed by atoms with E-state index in [0.717, 1.165) is 25.7 Å². The average Bonchev–Trinajstić information content (AvgIpc) is 2.74. The number of halogens is 3. The number of benzene rings is 2. The molecule has 0 N–H and O–H groups in total. The smallest absolute Gasteiger partial charge is 0.127 e. The summed E-state index contributed by atoms with van der Waals surface area (Å²) in [6.07, 6.45) is 0. The monoisotopic (exact) mass is 385 g/mol. The number of hydrogen-bond donors (Lipinski definition) is 0. The molecule has 0 saturated carbocycles. The molecule has 0 unspecified atom stereocenters. The van der Waals surface area contributed by atoms with Crippen LogP contribution in [0, 0.1) is 0 Å². The van der Waals surface area contributed by atoms with E-state index in [0.29, 0.717) is 5.02 Å². The summed E-state index contributed by atoms with van der Waals surface area (Å²) in [5, 5.41) is 9.58. The molecule has 0 fully saturated rings. The first-order chi connectivity index (χ1) is 8.63. The van der Waals surface area contributed by atoms with Crippen LogP contribution >= 0.6 is 43.5 Å². The number of hydrogen-bond acceptors (Lipinski definition) is 2. The zero-order chi connectivity index (χ0) is 12.7. The average molecular weight is 387 g/mol. The van der Waals surface area contributed by atoms with Gasteiger partial charge in [0.1, 0.15) is 11.0 Å². The van der Waals surface area contributed by atoms with Crippen molar-refractivity contribution in [2.75, 3.05) is 0 Å². The molecule has 2 aromatic carbocycles. The summed E-state index contributed by atoms with van der Waals surface area (Å²) in [5.74, 6) is 0. The van der Waals surface area contributed by atoms with Crippen molar-refractivity contribution in [3.63, 3.8) is 0 Å². The van der Waals surface area contributed by atoms with E-state index in [1.165, 1.54) is 0 Å². The minimum Gasteiger partial charge on any atom is -0.150 e. The number of aromatic nitrogens is 3. The molecule has 0 atom stereocenters. The van der Waals surface area contributed by atoms with Gasteiger partial charge in [-0.3, -0.25) is 0 Å². The third kappa shape index (κ3) is 2.18. The molecule has 0 spiro atoms. The van der Waals surface area contributed by atoms with Crippen molar-refractivity contribution in [2.45, 2.75) is 0 Å². The molecule has 0 aliphatic rings. The second-order valence-electron chi connectivity index (χ2n) is 3.72. The van der Waals surface area contributed by atoms with Gasteiger partial charge in [0.25, 0.3) is 0 Å². The van der Waals surface area contributed by atoms with E-state index in [-0.39, 0.29) is 0 Å². The Morgan fingerprint density at radius 3 is 2.44 bits per heavy atom. The van der Waals surface area contributed by atoms with E-state index >= 15 is 0 Å². The number of fused-ring (bicyclic) bond motifs is 1. The topological polar surface area (TPSA) is 30.7 Å². The fraction of sp³-hybridized carbons (Fsp3) is 0. The SMILES string of the molecule is Clc1ccc(-n2nc3cc(Br)cc(Br)c3n2)cc1. The van der Waals surface area contributed by atoms with Gasteiger partial charge >= 0.3 is 0 Å². The predicted octanol–water partition coefficient (Wildman–Crippen LogP) is 4.60. The van der Waals surface area contributed by atoms with Crippen LogP contribution in [0.25, 0.3) is 16.7 Å². The molecule has 6 heteroatoms. The third-order valence-electron chi connectivity index (χ3n) is 2.46. The van der Waals surface area contributed by atoms with Crippen molar-refractivity contribution in [1.29, 1.82) is 0 Å². The lowest BCUT2D eigenvalue weighted by atomic mass is 10.3. The summed E-state index contributed by atoms with van der Waals surface area (Å²) >= 11 is 12.8. The molecule has 3 rings (SSSR count). The molecular weight excluding hydrogens is 381 g/mol. The number of nitrogens with zero attached hydrogens (tertiary/aromatic N) is 3. The summed E-state index contributed by atoms with van der Waals surface area (Å²) in [6.45, 7) is 0. The van der Waals surface area contributed by atoms with Gasteiger partial charge in [-0.2, -0.15) is 4.80 Å². The summed E-state index contributed by atoms with van der Waals surface area (Å²) in [5.41, 5.74) is 2.53. The highest BCUT2D eigenvalue weighted by atomic mass is 79.9. The van der Waals surface area contributed by atoms with E-state index in [1.807, 2.05) is 36.4 Å². The molecule has 0 aliphatic heterocycles.